The summed E-state index contributed by atoms with van der Waals surface area (Å²) in [6.45, 7) is 2.13. The number of hydrogen-bond acceptors (Lipinski definition) is 1. The quantitative estimate of drug-likeness (QED) is 0.685. The number of benzene rings is 2. The molecule has 2 aromatic carbocycles. The van der Waals surface area contributed by atoms with Crippen LogP contribution in [-0.4, -0.2) is 4.57 Å². The van der Waals surface area contributed by atoms with Crippen LogP contribution in [0, 0.1) is 18.3 Å². The van der Waals surface area contributed by atoms with Crippen molar-refractivity contribution < 1.29 is 0 Å². The van der Waals surface area contributed by atoms with Crippen molar-refractivity contribution in [2.75, 3.05) is 0 Å². The fourth-order valence-corrected chi connectivity index (χ4v) is 2.95. The molecule has 0 bridgehead atoms. The maximum atomic E-state index is 8.87. The van der Waals surface area contributed by atoms with E-state index in [4.69, 9.17) is 5.26 Å². The maximum absolute atomic E-state index is 8.87. The molecule has 0 fully saturated rings. The summed E-state index contributed by atoms with van der Waals surface area (Å²) >= 11 is 0. The molecule has 0 amide bonds. The van der Waals surface area contributed by atoms with E-state index in [2.05, 4.69) is 67.1 Å². The lowest BCUT2D eigenvalue weighted by atomic mass is 10.0. The van der Waals surface area contributed by atoms with E-state index >= 15 is 0 Å². The topological polar surface area (TPSA) is 28.7 Å². The van der Waals surface area contributed by atoms with Crippen LogP contribution in [0.25, 0.3) is 22.0 Å². The smallest absolute Gasteiger partial charge is 0.0625 e. The van der Waals surface area contributed by atoms with Crippen LogP contribution in [0.4, 0.5) is 0 Å². The van der Waals surface area contributed by atoms with Crippen LogP contribution in [-0.2, 0) is 13.5 Å². The fourth-order valence-electron chi connectivity index (χ4n) is 2.95. The molecule has 3 rings (SSSR count). The largest absolute Gasteiger partial charge is 0.348 e. The van der Waals surface area contributed by atoms with Gasteiger partial charge in [0.1, 0.15) is 0 Å². The number of aromatic nitrogens is 1. The molecule has 0 aliphatic carbocycles. The first-order valence-corrected chi connectivity index (χ1v) is 7.22. The van der Waals surface area contributed by atoms with E-state index in [1.165, 1.54) is 33.3 Å². The summed E-state index contributed by atoms with van der Waals surface area (Å²) in [6.07, 6.45) is 1.38. The lowest BCUT2D eigenvalue weighted by molar-refractivity contribution is 0.888. The molecular weight excluding hydrogens is 256 g/mol. The minimum atomic E-state index is 0.565. The maximum Gasteiger partial charge on any atom is 0.0625 e. The lowest BCUT2D eigenvalue weighted by Gasteiger charge is -2.03. The first-order valence-electron chi connectivity index (χ1n) is 7.22. The number of hydrogen-bond donors (Lipinski definition) is 0. The average molecular weight is 274 g/mol. The molecular formula is C19H18N2. The molecule has 0 radical (unpaired) electrons. The second kappa shape index (κ2) is 5.46. The van der Waals surface area contributed by atoms with Crippen LogP contribution < -0.4 is 0 Å². The van der Waals surface area contributed by atoms with Gasteiger partial charge in [-0.25, -0.2) is 0 Å². The summed E-state index contributed by atoms with van der Waals surface area (Å²) in [4.78, 5) is 0. The second-order valence-electron chi connectivity index (χ2n) is 5.38. The molecule has 0 atom stereocenters. The Kier molecular flexibility index (Phi) is 3.50. The Morgan fingerprint density at radius 2 is 1.81 bits per heavy atom. The van der Waals surface area contributed by atoms with Gasteiger partial charge < -0.3 is 4.57 Å². The molecule has 0 saturated carbocycles. The van der Waals surface area contributed by atoms with Gasteiger partial charge in [0.05, 0.1) is 6.07 Å². The molecule has 0 saturated heterocycles. The van der Waals surface area contributed by atoms with E-state index < -0.39 is 0 Å². The van der Waals surface area contributed by atoms with Gasteiger partial charge in [0.15, 0.2) is 0 Å². The Hall–Kier alpha value is -2.53. The van der Waals surface area contributed by atoms with Crippen LogP contribution in [0.15, 0.2) is 48.5 Å². The van der Waals surface area contributed by atoms with Gasteiger partial charge in [-0.15, -0.1) is 0 Å². The van der Waals surface area contributed by atoms with Gasteiger partial charge in [0.2, 0.25) is 0 Å². The predicted octanol–water partition coefficient (Wildman–Crippen LogP) is 4.61. The van der Waals surface area contributed by atoms with Gasteiger partial charge in [0.25, 0.3) is 0 Å². The van der Waals surface area contributed by atoms with Crippen LogP contribution in [0.3, 0.4) is 0 Å². The first kappa shape index (κ1) is 13.5. The first-order chi connectivity index (χ1) is 10.2. The van der Waals surface area contributed by atoms with Gasteiger partial charge in [-0.05, 0) is 42.2 Å². The molecule has 0 aliphatic heterocycles. The van der Waals surface area contributed by atoms with Crippen LogP contribution in [0.2, 0.25) is 0 Å². The van der Waals surface area contributed by atoms with E-state index in [0.717, 1.165) is 6.42 Å². The van der Waals surface area contributed by atoms with Crippen molar-refractivity contribution in [1.29, 1.82) is 5.26 Å². The fraction of sp³-hybridized carbons (Fsp3) is 0.211. The second-order valence-corrected chi connectivity index (χ2v) is 5.38. The lowest BCUT2D eigenvalue weighted by Crippen LogP contribution is -1.92. The normalized spacial score (nSPS) is 10.7. The molecule has 0 spiro atoms. The number of rotatable bonds is 3. The third-order valence-corrected chi connectivity index (χ3v) is 4.22. The zero-order valence-corrected chi connectivity index (χ0v) is 12.4. The van der Waals surface area contributed by atoms with Gasteiger partial charge in [0, 0.05) is 30.1 Å². The Balaban J connectivity index is 2.18. The van der Waals surface area contributed by atoms with E-state index in [9.17, 15) is 0 Å². The highest BCUT2D eigenvalue weighted by Crippen LogP contribution is 2.30. The van der Waals surface area contributed by atoms with E-state index in [0.29, 0.717) is 6.42 Å². The third kappa shape index (κ3) is 2.32. The molecule has 1 aromatic heterocycles. The summed E-state index contributed by atoms with van der Waals surface area (Å²) < 4.78 is 2.22. The van der Waals surface area contributed by atoms with Gasteiger partial charge in [-0.3, -0.25) is 0 Å². The Bertz CT molecular complexity index is 820. The zero-order chi connectivity index (χ0) is 14.8. The number of fused-ring (bicyclic) bond motifs is 1. The van der Waals surface area contributed by atoms with E-state index in [1.807, 2.05) is 6.07 Å². The summed E-state index contributed by atoms with van der Waals surface area (Å²) in [5, 5.41) is 10.1. The zero-order valence-electron chi connectivity index (χ0n) is 12.4. The predicted molar refractivity (Wildman–Crippen MR) is 87.0 cm³/mol. The van der Waals surface area contributed by atoms with Crippen LogP contribution in [0.1, 0.15) is 17.7 Å². The molecule has 2 nitrogen and oxygen atoms in total. The number of aryl methyl sites for hydroxylation is 2. The molecule has 3 aromatic rings. The van der Waals surface area contributed by atoms with Gasteiger partial charge in [-0.1, -0.05) is 36.4 Å². The van der Waals surface area contributed by atoms with Gasteiger partial charge in [-0.2, -0.15) is 5.26 Å². The highest BCUT2D eigenvalue weighted by Gasteiger charge is 2.12. The molecule has 0 N–H and O–H groups in total. The Morgan fingerprint density at radius 1 is 1.05 bits per heavy atom. The van der Waals surface area contributed by atoms with Crippen molar-refractivity contribution in [2.24, 2.45) is 7.05 Å². The molecule has 104 valence electrons. The van der Waals surface area contributed by atoms with Crippen molar-refractivity contribution in [3.63, 3.8) is 0 Å². The van der Waals surface area contributed by atoms with Gasteiger partial charge >= 0.3 is 0 Å². The Morgan fingerprint density at radius 3 is 2.52 bits per heavy atom. The van der Waals surface area contributed by atoms with Crippen molar-refractivity contribution >= 4 is 10.9 Å². The van der Waals surface area contributed by atoms with E-state index in [1.54, 1.807) is 0 Å². The minimum absolute atomic E-state index is 0.565. The van der Waals surface area contributed by atoms with E-state index in [-0.39, 0.29) is 0 Å². The summed E-state index contributed by atoms with van der Waals surface area (Å²) in [5.41, 5.74) is 6.25. The highest BCUT2D eigenvalue weighted by atomic mass is 14.9. The minimum Gasteiger partial charge on any atom is -0.348 e. The average Bonchev–Trinajstić information content (AvgIpc) is 2.77. The van der Waals surface area contributed by atoms with Crippen molar-refractivity contribution in [2.45, 2.75) is 19.8 Å². The molecule has 0 aliphatic rings. The molecule has 2 heteroatoms. The van der Waals surface area contributed by atoms with Crippen molar-refractivity contribution in [3.8, 4) is 17.2 Å². The van der Waals surface area contributed by atoms with Crippen LogP contribution in [0.5, 0.6) is 0 Å². The number of nitrogens with zero attached hydrogens (tertiary/aromatic N) is 2. The number of nitriles is 1. The summed E-state index contributed by atoms with van der Waals surface area (Å²) in [6, 6.07) is 19.3. The molecule has 21 heavy (non-hydrogen) atoms. The van der Waals surface area contributed by atoms with Crippen molar-refractivity contribution in [1.82, 2.24) is 4.57 Å². The third-order valence-electron chi connectivity index (χ3n) is 4.22. The molecule has 0 unspecified atom stereocenters. The standard InChI is InChI=1S/C19H18N2/c1-14-17(9-6-12-20)18-13-16(10-11-19(18)21(14)2)15-7-4-3-5-8-15/h3-5,7-8,10-11,13H,6,9H2,1-2H3. The summed E-state index contributed by atoms with van der Waals surface area (Å²) in [5.74, 6) is 0. The van der Waals surface area contributed by atoms with Crippen molar-refractivity contribution in [3.05, 3.63) is 59.8 Å². The Labute approximate surface area is 125 Å². The SMILES string of the molecule is Cc1c(CCC#N)c2cc(-c3ccccc3)ccc2n1C. The highest BCUT2D eigenvalue weighted by molar-refractivity contribution is 5.89. The molecule has 1 heterocycles. The van der Waals surface area contributed by atoms with Crippen LogP contribution >= 0.6 is 0 Å². The summed E-state index contributed by atoms with van der Waals surface area (Å²) in [7, 11) is 2.09. The monoisotopic (exact) mass is 274 g/mol.